The molecular weight excluding hydrogens is 415 g/mol. The van der Waals surface area contributed by atoms with E-state index in [9.17, 15) is 4.79 Å². The van der Waals surface area contributed by atoms with Gasteiger partial charge in [-0.15, -0.1) is 24.0 Å². The van der Waals surface area contributed by atoms with E-state index < -0.39 is 0 Å². The maximum absolute atomic E-state index is 12.0. The fraction of sp³-hybridized carbons (Fsp3) is 0.556. The molecule has 0 aliphatic heterocycles. The molecule has 2 N–H and O–H groups in total. The zero-order valence-corrected chi connectivity index (χ0v) is 18.0. The molecular formula is C18H31IN4O. The van der Waals surface area contributed by atoms with Gasteiger partial charge in [0.2, 0.25) is 5.91 Å². The van der Waals surface area contributed by atoms with Gasteiger partial charge >= 0.3 is 0 Å². The van der Waals surface area contributed by atoms with Crippen molar-refractivity contribution < 1.29 is 4.79 Å². The molecule has 0 spiro atoms. The number of rotatable bonds is 5. The summed E-state index contributed by atoms with van der Waals surface area (Å²) in [5, 5.41) is 6.28. The first-order chi connectivity index (χ1) is 10.8. The minimum absolute atomic E-state index is 0. The Morgan fingerprint density at radius 2 is 1.79 bits per heavy atom. The molecule has 0 aliphatic rings. The van der Waals surface area contributed by atoms with Crippen molar-refractivity contribution in [2.24, 2.45) is 4.99 Å². The third kappa shape index (κ3) is 7.99. The molecule has 0 saturated heterocycles. The minimum atomic E-state index is -0.227. The quantitative estimate of drug-likeness (QED) is 0.416. The van der Waals surface area contributed by atoms with E-state index in [2.05, 4.69) is 40.7 Å². The average Bonchev–Trinajstić information content (AvgIpc) is 2.46. The molecule has 6 heteroatoms. The number of benzene rings is 1. The maximum atomic E-state index is 12.0. The Morgan fingerprint density at radius 1 is 1.21 bits per heavy atom. The Kier molecular flexibility index (Phi) is 9.96. The van der Waals surface area contributed by atoms with Crippen molar-refractivity contribution in [1.29, 1.82) is 0 Å². The molecule has 0 heterocycles. The van der Waals surface area contributed by atoms with Gasteiger partial charge in [-0.3, -0.25) is 9.79 Å². The first-order valence-electron chi connectivity index (χ1n) is 8.06. The number of halogens is 1. The summed E-state index contributed by atoms with van der Waals surface area (Å²) in [5.41, 5.74) is 2.35. The largest absolute Gasteiger partial charge is 0.352 e. The molecule has 24 heavy (non-hydrogen) atoms. The van der Waals surface area contributed by atoms with Crippen LogP contribution >= 0.6 is 24.0 Å². The predicted molar refractivity (Wildman–Crippen MR) is 112 cm³/mol. The van der Waals surface area contributed by atoms with Crippen LogP contribution in [-0.4, -0.2) is 42.9 Å². The van der Waals surface area contributed by atoms with Gasteiger partial charge in [-0.25, -0.2) is 0 Å². The number of hydrogen-bond acceptors (Lipinski definition) is 2. The lowest BCUT2D eigenvalue weighted by atomic mass is 10.1. The molecule has 0 aliphatic carbocycles. The Balaban J connectivity index is 0.00000529. The van der Waals surface area contributed by atoms with Crippen LogP contribution in [0.3, 0.4) is 0 Å². The van der Waals surface area contributed by atoms with Gasteiger partial charge in [-0.1, -0.05) is 31.2 Å². The topological polar surface area (TPSA) is 56.7 Å². The van der Waals surface area contributed by atoms with Crippen molar-refractivity contribution >= 4 is 35.8 Å². The molecule has 5 nitrogen and oxygen atoms in total. The van der Waals surface area contributed by atoms with Crippen LogP contribution < -0.4 is 10.6 Å². The van der Waals surface area contributed by atoms with Gasteiger partial charge in [0.15, 0.2) is 5.96 Å². The standard InChI is InChI=1S/C18H30N4O.HI/c1-7-14-10-8-9-11-15(14)12-20-17(19-5)22(6)13-16(23)21-18(2,3)4;/h8-11H,7,12-13H2,1-6H3,(H,19,20)(H,21,23);1H. The summed E-state index contributed by atoms with van der Waals surface area (Å²) in [5.74, 6) is 0.692. The van der Waals surface area contributed by atoms with Crippen LogP contribution in [0.5, 0.6) is 0 Å². The normalized spacial score (nSPS) is 11.5. The van der Waals surface area contributed by atoms with Crippen LogP contribution in [-0.2, 0) is 17.8 Å². The van der Waals surface area contributed by atoms with Gasteiger partial charge in [0.1, 0.15) is 0 Å². The summed E-state index contributed by atoms with van der Waals surface area (Å²) >= 11 is 0. The smallest absolute Gasteiger partial charge is 0.240 e. The second kappa shape index (κ2) is 10.5. The monoisotopic (exact) mass is 446 g/mol. The van der Waals surface area contributed by atoms with E-state index in [1.54, 1.807) is 7.05 Å². The molecule has 0 radical (unpaired) electrons. The van der Waals surface area contributed by atoms with Crippen LogP contribution in [0.25, 0.3) is 0 Å². The van der Waals surface area contributed by atoms with Crippen LogP contribution in [0.2, 0.25) is 0 Å². The third-order valence-electron chi connectivity index (χ3n) is 3.40. The SMILES string of the molecule is CCc1ccccc1CNC(=NC)N(C)CC(=O)NC(C)(C)C.I. The number of aliphatic imine (C=N–C) groups is 1. The number of aryl methyl sites for hydroxylation is 1. The van der Waals surface area contributed by atoms with Crippen molar-refractivity contribution in [2.45, 2.75) is 46.2 Å². The minimum Gasteiger partial charge on any atom is -0.352 e. The van der Waals surface area contributed by atoms with E-state index in [0.29, 0.717) is 12.5 Å². The number of nitrogens with one attached hydrogen (secondary N) is 2. The molecule has 1 aromatic carbocycles. The zero-order chi connectivity index (χ0) is 17.5. The van der Waals surface area contributed by atoms with Gasteiger partial charge in [0, 0.05) is 26.2 Å². The number of amides is 1. The summed E-state index contributed by atoms with van der Waals surface area (Å²) in [6.45, 7) is 9.03. The summed E-state index contributed by atoms with van der Waals surface area (Å²) < 4.78 is 0. The first-order valence-corrected chi connectivity index (χ1v) is 8.06. The van der Waals surface area contributed by atoms with Crippen LogP contribution in [0.1, 0.15) is 38.8 Å². The van der Waals surface area contributed by atoms with E-state index >= 15 is 0 Å². The highest BCUT2D eigenvalue weighted by Crippen LogP contribution is 2.09. The average molecular weight is 446 g/mol. The molecule has 0 atom stereocenters. The summed E-state index contributed by atoms with van der Waals surface area (Å²) in [6.07, 6.45) is 1.00. The third-order valence-corrected chi connectivity index (χ3v) is 3.40. The number of likely N-dealkylation sites (N-methyl/N-ethyl adjacent to an activating group) is 1. The molecule has 1 aromatic rings. The van der Waals surface area contributed by atoms with Crippen molar-refractivity contribution in [1.82, 2.24) is 15.5 Å². The summed E-state index contributed by atoms with van der Waals surface area (Å²) in [7, 11) is 3.59. The molecule has 0 fully saturated rings. The zero-order valence-electron chi connectivity index (χ0n) is 15.6. The van der Waals surface area contributed by atoms with Gasteiger partial charge < -0.3 is 15.5 Å². The number of carbonyl (C=O) groups excluding carboxylic acids is 1. The second-order valence-electron chi connectivity index (χ2n) is 6.68. The van der Waals surface area contributed by atoms with Crippen molar-refractivity contribution in [2.75, 3.05) is 20.6 Å². The van der Waals surface area contributed by atoms with Gasteiger partial charge in [-0.05, 0) is 38.3 Å². The van der Waals surface area contributed by atoms with E-state index in [4.69, 9.17) is 0 Å². The van der Waals surface area contributed by atoms with Crippen molar-refractivity contribution in [3.05, 3.63) is 35.4 Å². The molecule has 0 bridgehead atoms. The van der Waals surface area contributed by atoms with E-state index in [0.717, 1.165) is 6.42 Å². The highest BCUT2D eigenvalue weighted by Gasteiger charge is 2.16. The molecule has 0 saturated carbocycles. The lowest BCUT2D eigenvalue weighted by Gasteiger charge is -2.25. The van der Waals surface area contributed by atoms with Crippen LogP contribution in [0, 0.1) is 0 Å². The molecule has 1 rings (SSSR count). The van der Waals surface area contributed by atoms with E-state index in [1.807, 2.05) is 38.8 Å². The van der Waals surface area contributed by atoms with E-state index in [-0.39, 0.29) is 42.0 Å². The van der Waals surface area contributed by atoms with E-state index in [1.165, 1.54) is 11.1 Å². The number of nitrogens with zero attached hydrogens (tertiary/aromatic N) is 2. The lowest BCUT2D eigenvalue weighted by Crippen LogP contribution is -2.48. The summed E-state index contributed by atoms with van der Waals surface area (Å²) in [6, 6.07) is 8.35. The fourth-order valence-electron chi connectivity index (χ4n) is 2.38. The Labute approximate surface area is 163 Å². The molecule has 1 amide bonds. The van der Waals surface area contributed by atoms with Crippen molar-refractivity contribution in [3.8, 4) is 0 Å². The Hall–Kier alpha value is -1.31. The molecule has 0 unspecified atom stereocenters. The number of guanidine groups is 1. The fourth-order valence-corrected chi connectivity index (χ4v) is 2.38. The first kappa shape index (κ1) is 22.7. The Bertz CT molecular complexity index is 552. The number of hydrogen-bond donors (Lipinski definition) is 2. The molecule has 136 valence electrons. The van der Waals surface area contributed by atoms with Gasteiger partial charge in [0.25, 0.3) is 0 Å². The van der Waals surface area contributed by atoms with Gasteiger partial charge in [0.05, 0.1) is 6.54 Å². The summed E-state index contributed by atoms with van der Waals surface area (Å²) in [4.78, 5) is 18.1. The molecule has 0 aromatic heterocycles. The maximum Gasteiger partial charge on any atom is 0.240 e. The highest BCUT2D eigenvalue weighted by atomic mass is 127. The number of carbonyl (C=O) groups is 1. The lowest BCUT2D eigenvalue weighted by molar-refractivity contribution is -0.122. The Morgan fingerprint density at radius 3 is 2.29 bits per heavy atom. The van der Waals surface area contributed by atoms with Gasteiger partial charge in [-0.2, -0.15) is 0 Å². The van der Waals surface area contributed by atoms with Crippen LogP contribution in [0.4, 0.5) is 0 Å². The van der Waals surface area contributed by atoms with Crippen LogP contribution in [0.15, 0.2) is 29.3 Å². The van der Waals surface area contributed by atoms with Crippen molar-refractivity contribution in [3.63, 3.8) is 0 Å². The second-order valence-corrected chi connectivity index (χ2v) is 6.68. The highest BCUT2D eigenvalue weighted by molar-refractivity contribution is 14.0. The predicted octanol–water partition coefficient (Wildman–Crippen LogP) is 2.79.